The molecule has 0 saturated carbocycles. The molecule has 4 rings (SSSR count). The summed E-state index contributed by atoms with van der Waals surface area (Å²) in [5.74, 6) is 1.03. The van der Waals surface area contributed by atoms with Crippen LogP contribution in [0.4, 0.5) is 0 Å². The summed E-state index contributed by atoms with van der Waals surface area (Å²) in [7, 11) is 0. The van der Waals surface area contributed by atoms with Gasteiger partial charge in [0, 0.05) is 16.3 Å². The van der Waals surface area contributed by atoms with E-state index in [4.69, 9.17) is 16.0 Å². The second-order valence-electron chi connectivity index (χ2n) is 6.31. The summed E-state index contributed by atoms with van der Waals surface area (Å²) in [4.78, 5) is 13.8. The van der Waals surface area contributed by atoms with Crippen LogP contribution in [-0.2, 0) is 4.79 Å². The van der Waals surface area contributed by atoms with Crippen LogP contribution < -0.4 is 0 Å². The largest absolute Gasteiger partial charge is 0.508 e. The quantitative estimate of drug-likeness (QED) is 0.591. The number of aromatic hydroxyl groups is 1. The number of benzene rings is 2. The summed E-state index contributed by atoms with van der Waals surface area (Å²) in [5.41, 5.74) is 1.75. The SMILES string of the molecule is O=C(CSc1ccc(O)cc1)N1N=C(c2ccc(Cl)cc2)CC1c1ccco1. The van der Waals surface area contributed by atoms with Crippen molar-refractivity contribution in [1.29, 1.82) is 0 Å². The molecule has 0 fully saturated rings. The fourth-order valence-electron chi connectivity index (χ4n) is 3.01. The summed E-state index contributed by atoms with van der Waals surface area (Å²) in [6.45, 7) is 0. The Morgan fingerprint density at radius 2 is 1.93 bits per heavy atom. The highest BCUT2D eigenvalue weighted by Gasteiger charge is 2.34. The third kappa shape index (κ3) is 4.08. The predicted molar refractivity (Wildman–Crippen MR) is 110 cm³/mol. The molecule has 7 heteroatoms. The minimum atomic E-state index is -0.270. The highest BCUT2D eigenvalue weighted by atomic mass is 35.5. The standard InChI is InChI=1S/C21H17ClN2O3S/c22-15-5-3-14(4-6-15)18-12-19(20-2-1-11-27-20)24(23-18)21(26)13-28-17-9-7-16(25)8-10-17/h1-11,19,25H,12-13H2. The molecule has 1 unspecified atom stereocenters. The number of phenolic OH excluding ortho intramolecular Hbond substituents is 1. The van der Waals surface area contributed by atoms with E-state index in [0.29, 0.717) is 17.2 Å². The smallest absolute Gasteiger partial charge is 0.253 e. The van der Waals surface area contributed by atoms with Gasteiger partial charge in [-0.1, -0.05) is 23.7 Å². The summed E-state index contributed by atoms with van der Waals surface area (Å²) in [5, 5.41) is 16.1. The highest BCUT2D eigenvalue weighted by molar-refractivity contribution is 8.00. The molecule has 0 radical (unpaired) electrons. The molecule has 1 aliphatic rings. The van der Waals surface area contributed by atoms with Gasteiger partial charge in [-0.05, 0) is 54.1 Å². The van der Waals surface area contributed by atoms with Gasteiger partial charge >= 0.3 is 0 Å². The third-order valence-electron chi connectivity index (χ3n) is 4.41. The molecule has 5 nitrogen and oxygen atoms in total. The van der Waals surface area contributed by atoms with Gasteiger partial charge in [-0.2, -0.15) is 5.10 Å². The van der Waals surface area contributed by atoms with E-state index < -0.39 is 0 Å². The monoisotopic (exact) mass is 412 g/mol. The van der Waals surface area contributed by atoms with Crippen LogP contribution in [0.5, 0.6) is 5.75 Å². The first-order valence-corrected chi connectivity index (χ1v) is 10.1. The van der Waals surface area contributed by atoms with Crippen molar-refractivity contribution in [3.63, 3.8) is 0 Å². The van der Waals surface area contributed by atoms with E-state index in [0.717, 1.165) is 16.2 Å². The Bertz CT molecular complexity index is 986. The van der Waals surface area contributed by atoms with Crippen LogP contribution in [-0.4, -0.2) is 27.5 Å². The maximum Gasteiger partial charge on any atom is 0.253 e. The number of halogens is 1. The van der Waals surface area contributed by atoms with Gasteiger partial charge in [-0.3, -0.25) is 4.79 Å². The molecule has 1 amide bonds. The van der Waals surface area contributed by atoms with Crippen molar-refractivity contribution in [1.82, 2.24) is 5.01 Å². The lowest BCUT2D eigenvalue weighted by molar-refractivity contribution is -0.130. The van der Waals surface area contributed by atoms with Crippen LogP contribution >= 0.6 is 23.4 Å². The molecule has 1 atom stereocenters. The maximum absolute atomic E-state index is 12.9. The van der Waals surface area contributed by atoms with Crippen molar-refractivity contribution in [3.05, 3.63) is 83.3 Å². The minimum Gasteiger partial charge on any atom is -0.508 e. The number of furan rings is 1. The van der Waals surface area contributed by atoms with Crippen molar-refractivity contribution < 1.29 is 14.3 Å². The predicted octanol–water partition coefficient (Wildman–Crippen LogP) is 5.11. The van der Waals surface area contributed by atoms with Gasteiger partial charge in [0.05, 0.1) is 17.7 Å². The van der Waals surface area contributed by atoms with Crippen molar-refractivity contribution in [2.75, 3.05) is 5.75 Å². The molecule has 142 valence electrons. The molecular weight excluding hydrogens is 396 g/mol. The van der Waals surface area contributed by atoms with Gasteiger partial charge < -0.3 is 9.52 Å². The van der Waals surface area contributed by atoms with E-state index in [-0.39, 0.29) is 23.5 Å². The van der Waals surface area contributed by atoms with Gasteiger partial charge in [0.25, 0.3) is 5.91 Å². The number of hydrogen-bond acceptors (Lipinski definition) is 5. The number of carbonyl (C=O) groups excluding carboxylic acids is 1. The Morgan fingerprint density at radius 3 is 2.61 bits per heavy atom. The number of hydrazone groups is 1. The highest BCUT2D eigenvalue weighted by Crippen LogP contribution is 2.34. The number of carbonyl (C=O) groups is 1. The fourth-order valence-corrected chi connectivity index (χ4v) is 3.89. The van der Waals surface area contributed by atoms with E-state index in [9.17, 15) is 9.90 Å². The second-order valence-corrected chi connectivity index (χ2v) is 7.80. The summed E-state index contributed by atoms with van der Waals surface area (Å²) < 4.78 is 5.55. The molecule has 0 bridgehead atoms. The maximum atomic E-state index is 12.9. The Balaban J connectivity index is 1.54. The molecule has 1 N–H and O–H groups in total. The molecule has 1 aromatic heterocycles. The number of thioether (sulfide) groups is 1. The number of rotatable bonds is 5. The van der Waals surface area contributed by atoms with Gasteiger partial charge in [-0.15, -0.1) is 11.8 Å². The van der Waals surface area contributed by atoms with Gasteiger partial charge in [-0.25, -0.2) is 5.01 Å². The first-order chi connectivity index (χ1) is 13.6. The van der Waals surface area contributed by atoms with Crippen LogP contribution in [0.15, 0.2) is 81.3 Å². The zero-order chi connectivity index (χ0) is 19.5. The lowest BCUT2D eigenvalue weighted by Crippen LogP contribution is -2.28. The molecule has 0 spiro atoms. The summed E-state index contributed by atoms with van der Waals surface area (Å²) in [6, 6.07) is 17.6. The Kier molecular flexibility index (Phi) is 5.41. The number of phenols is 1. The summed E-state index contributed by atoms with van der Waals surface area (Å²) >= 11 is 7.38. The van der Waals surface area contributed by atoms with Gasteiger partial charge in [0.15, 0.2) is 0 Å². The van der Waals surface area contributed by atoms with E-state index >= 15 is 0 Å². The molecular formula is C21H17ClN2O3S. The minimum absolute atomic E-state index is 0.108. The zero-order valence-electron chi connectivity index (χ0n) is 14.8. The van der Waals surface area contributed by atoms with E-state index in [1.807, 2.05) is 36.4 Å². The van der Waals surface area contributed by atoms with Crippen LogP contribution in [0.3, 0.4) is 0 Å². The van der Waals surface area contributed by atoms with Gasteiger partial charge in [0.2, 0.25) is 0 Å². The Morgan fingerprint density at radius 1 is 1.18 bits per heavy atom. The Hall–Kier alpha value is -2.70. The zero-order valence-corrected chi connectivity index (χ0v) is 16.4. The average Bonchev–Trinajstić information content (AvgIpc) is 3.37. The molecule has 3 aromatic rings. The lowest BCUT2D eigenvalue weighted by Gasteiger charge is -2.19. The lowest BCUT2D eigenvalue weighted by atomic mass is 10.0. The summed E-state index contributed by atoms with van der Waals surface area (Å²) in [6.07, 6.45) is 2.17. The molecule has 1 aliphatic heterocycles. The van der Waals surface area contributed by atoms with Gasteiger partial charge in [0.1, 0.15) is 17.6 Å². The van der Waals surface area contributed by atoms with Crippen LogP contribution in [0, 0.1) is 0 Å². The first-order valence-electron chi connectivity index (χ1n) is 8.71. The van der Waals surface area contributed by atoms with Crippen LogP contribution in [0.1, 0.15) is 23.8 Å². The molecule has 2 heterocycles. The van der Waals surface area contributed by atoms with Crippen molar-refractivity contribution in [2.24, 2.45) is 5.10 Å². The second kappa shape index (κ2) is 8.12. The third-order valence-corrected chi connectivity index (χ3v) is 5.66. The molecule has 2 aromatic carbocycles. The van der Waals surface area contributed by atoms with E-state index in [2.05, 4.69) is 5.10 Å². The van der Waals surface area contributed by atoms with Crippen molar-refractivity contribution in [3.8, 4) is 5.75 Å². The van der Waals surface area contributed by atoms with Crippen molar-refractivity contribution in [2.45, 2.75) is 17.4 Å². The molecule has 0 saturated heterocycles. The number of amides is 1. The topological polar surface area (TPSA) is 66.0 Å². The van der Waals surface area contributed by atoms with Crippen molar-refractivity contribution >= 4 is 35.0 Å². The fraction of sp³-hybridized carbons (Fsp3) is 0.143. The number of hydrogen-bond donors (Lipinski definition) is 1. The van der Waals surface area contributed by atoms with Crippen LogP contribution in [0.2, 0.25) is 5.02 Å². The first kappa shape index (κ1) is 18.7. The van der Waals surface area contributed by atoms with E-state index in [1.54, 1.807) is 30.5 Å². The number of nitrogens with zero attached hydrogens (tertiary/aromatic N) is 2. The average molecular weight is 413 g/mol. The van der Waals surface area contributed by atoms with Crippen LogP contribution in [0.25, 0.3) is 0 Å². The Labute approximate surface area is 171 Å². The molecule has 28 heavy (non-hydrogen) atoms. The van der Waals surface area contributed by atoms with E-state index in [1.165, 1.54) is 16.8 Å². The normalized spacial score (nSPS) is 16.2. The molecule has 0 aliphatic carbocycles.